The van der Waals surface area contributed by atoms with Crippen LogP contribution in [0.25, 0.3) is 6.08 Å². The predicted molar refractivity (Wildman–Crippen MR) is 98.8 cm³/mol. The minimum Gasteiger partial charge on any atom is -0.497 e. The quantitative estimate of drug-likeness (QED) is 0.773. The van der Waals surface area contributed by atoms with Crippen LogP contribution < -0.4 is 15.4 Å². The highest BCUT2D eigenvalue weighted by atomic mass is 16.5. The van der Waals surface area contributed by atoms with Crippen molar-refractivity contribution in [1.29, 1.82) is 5.26 Å². The van der Waals surface area contributed by atoms with E-state index < -0.39 is 0 Å². The van der Waals surface area contributed by atoms with E-state index in [9.17, 15) is 0 Å². The molecule has 0 bridgehead atoms. The second kappa shape index (κ2) is 8.15. The summed E-state index contributed by atoms with van der Waals surface area (Å²) in [6.07, 6.45) is 9.67. The molecule has 2 aromatic rings. The van der Waals surface area contributed by atoms with Gasteiger partial charge in [0.2, 0.25) is 5.95 Å². The lowest BCUT2D eigenvalue weighted by molar-refractivity contribution is 0.415. The van der Waals surface area contributed by atoms with Gasteiger partial charge in [0.25, 0.3) is 0 Å². The van der Waals surface area contributed by atoms with Gasteiger partial charge < -0.3 is 15.4 Å². The van der Waals surface area contributed by atoms with Crippen LogP contribution in [0.3, 0.4) is 0 Å². The van der Waals surface area contributed by atoms with Gasteiger partial charge in [-0.3, -0.25) is 0 Å². The third kappa shape index (κ3) is 4.48. The number of benzene rings is 1. The van der Waals surface area contributed by atoms with Crippen LogP contribution in [0, 0.1) is 11.3 Å². The van der Waals surface area contributed by atoms with Crippen LogP contribution in [0.1, 0.15) is 31.2 Å². The fraction of sp³-hybridized carbons (Fsp3) is 0.316. The number of nitrogens with one attached hydrogen (secondary N) is 2. The Morgan fingerprint density at radius 2 is 2.00 bits per heavy atom. The van der Waals surface area contributed by atoms with E-state index in [0.29, 0.717) is 12.0 Å². The summed E-state index contributed by atoms with van der Waals surface area (Å²) in [7, 11) is 1.64. The van der Waals surface area contributed by atoms with Gasteiger partial charge in [-0.15, -0.1) is 0 Å². The van der Waals surface area contributed by atoms with Crippen LogP contribution in [0.5, 0.6) is 5.75 Å². The molecule has 6 nitrogen and oxygen atoms in total. The molecule has 1 fully saturated rings. The van der Waals surface area contributed by atoms with Crippen LogP contribution in [-0.2, 0) is 0 Å². The first-order valence-electron chi connectivity index (χ1n) is 8.39. The van der Waals surface area contributed by atoms with Crippen molar-refractivity contribution in [1.82, 2.24) is 9.97 Å². The van der Waals surface area contributed by atoms with E-state index in [-0.39, 0.29) is 0 Å². The Labute approximate surface area is 147 Å². The number of aromatic nitrogens is 2. The fourth-order valence-electron chi connectivity index (χ4n) is 2.88. The zero-order chi connectivity index (χ0) is 17.5. The minimum absolute atomic E-state index is 0.429. The van der Waals surface area contributed by atoms with Crippen molar-refractivity contribution in [2.24, 2.45) is 0 Å². The maximum absolute atomic E-state index is 8.77. The molecule has 1 aliphatic rings. The number of hydrogen-bond donors (Lipinski definition) is 2. The van der Waals surface area contributed by atoms with E-state index in [1.807, 2.05) is 30.3 Å². The van der Waals surface area contributed by atoms with E-state index in [1.165, 1.54) is 18.9 Å². The Morgan fingerprint density at radius 3 is 2.68 bits per heavy atom. The summed E-state index contributed by atoms with van der Waals surface area (Å²) in [5.74, 6) is 2.07. The van der Waals surface area contributed by atoms with Crippen LogP contribution >= 0.6 is 0 Å². The summed E-state index contributed by atoms with van der Waals surface area (Å²) in [5.41, 5.74) is 1.70. The van der Waals surface area contributed by atoms with Gasteiger partial charge in [-0.25, -0.2) is 4.98 Å². The average molecular weight is 335 g/mol. The summed E-state index contributed by atoms with van der Waals surface area (Å²) in [6, 6.07) is 10.0. The van der Waals surface area contributed by atoms with Gasteiger partial charge in [0, 0.05) is 29.6 Å². The Morgan fingerprint density at radius 1 is 1.24 bits per heavy atom. The number of nitriles is 1. The number of nitrogens with zero attached hydrogens (tertiary/aromatic N) is 3. The van der Waals surface area contributed by atoms with Gasteiger partial charge >= 0.3 is 0 Å². The van der Waals surface area contributed by atoms with Gasteiger partial charge in [-0.2, -0.15) is 10.2 Å². The molecule has 128 valence electrons. The minimum atomic E-state index is 0.429. The Hall–Kier alpha value is -3.07. The molecule has 1 aromatic heterocycles. The Bertz CT molecular complexity index is 773. The van der Waals surface area contributed by atoms with E-state index in [1.54, 1.807) is 19.4 Å². The monoisotopic (exact) mass is 335 g/mol. The first kappa shape index (κ1) is 16.8. The molecule has 0 saturated heterocycles. The van der Waals surface area contributed by atoms with Gasteiger partial charge in [-0.1, -0.05) is 12.8 Å². The number of methoxy groups -OCH3 is 1. The average Bonchev–Trinajstić information content (AvgIpc) is 3.15. The SMILES string of the molecule is COc1ccc(Nc2ncc(/C=C/C#N)c(NC3CCCC3)n2)cc1. The van der Waals surface area contributed by atoms with Crippen molar-refractivity contribution in [3.05, 3.63) is 42.1 Å². The molecule has 3 rings (SSSR count). The van der Waals surface area contributed by atoms with Crippen LogP contribution in [0.4, 0.5) is 17.5 Å². The highest BCUT2D eigenvalue weighted by Crippen LogP contribution is 2.25. The molecule has 1 aliphatic carbocycles. The van der Waals surface area contributed by atoms with Gasteiger partial charge in [0.05, 0.1) is 13.2 Å². The molecule has 2 N–H and O–H groups in total. The summed E-state index contributed by atoms with van der Waals surface area (Å²) >= 11 is 0. The first-order valence-corrected chi connectivity index (χ1v) is 8.39. The zero-order valence-electron chi connectivity index (χ0n) is 14.2. The molecule has 0 radical (unpaired) electrons. The summed E-state index contributed by atoms with van der Waals surface area (Å²) in [4.78, 5) is 8.95. The second-order valence-electron chi connectivity index (χ2n) is 5.94. The molecule has 1 heterocycles. The normalized spacial score (nSPS) is 14.4. The van der Waals surface area contributed by atoms with Crippen molar-refractivity contribution >= 4 is 23.5 Å². The molecule has 6 heteroatoms. The van der Waals surface area contributed by atoms with E-state index >= 15 is 0 Å². The van der Waals surface area contributed by atoms with E-state index in [2.05, 4.69) is 20.6 Å². The molecule has 0 atom stereocenters. The summed E-state index contributed by atoms with van der Waals surface area (Å²) < 4.78 is 5.16. The van der Waals surface area contributed by atoms with Crippen molar-refractivity contribution in [2.45, 2.75) is 31.7 Å². The highest BCUT2D eigenvalue weighted by molar-refractivity contribution is 5.66. The lowest BCUT2D eigenvalue weighted by Gasteiger charge is -2.16. The zero-order valence-corrected chi connectivity index (χ0v) is 14.2. The van der Waals surface area contributed by atoms with Crippen LogP contribution in [0.2, 0.25) is 0 Å². The van der Waals surface area contributed by atoms with Gasteiger partial charge in [0.15, 0.2) is 0 Å². The highest BCUT2D eigenvalue weighted by Gasteiger charge is 2.17. The van der Waals surface area contributed by atoms with E-state index in [4.69, 9.17) is 10.00 Å². The number of hydrogen-bond acceptors (Lipinski definition) is 6. The molecule has 25 heavy (non-hydrogen) atoms. The van der Waals surface area contributed by atoms with Crippen molar-refractivity contribution in [2.75, 3.05) is 17.7 Å². The predicted octanol–water partition coefficient (Wildman–Crippen LogP) is 4.12. The number of rotatable bonds is 6. The Balaban J connectivity index is 1.81. The molecular formula is C19H21N5O. The first-order chi connectivity index (χ1) is 12.3. The number of anilines is 3. The third-order valence-electron chi connectivity index (χ3n) is 4.20. The van der Waals surface area contributed by atoms with Crippen molar-refractivity contribution in [3.8, 4) is 11.8 Å². The van der Waals surface area contributed by atoms with Crippen molar-refractivity contribution in [3.63, 3.8) is 0 Å². The number of ether oxygens (including phenoxy) is 1. The second-order valence-corrected chi connectivity index (χ2v) is 5.94. The number of allylic oxidation sites excluding steroid dienone is 1. The summed E-state index contributed by atoms with van der Waals surface area (Å²) in [5, 5.41) is 15.5. The fourth-order valence-corrected chi connectivity index (χ4v) is 2.88. The molecule has 1 aromatic carbocycles. The van der Waals surface area contributed by atoms with Crippen LogP contribution in [0.15, 0.2) is 36.5 Å². The maximum atomic E-state index is 8.77. The standard InChI is InChI=1S/C19H21N5O/c1-25-17-10-8-16(9-11-17)23-19-21-13-14(5-4-12-20)18(24-19)22-15-6-2-3-7-15/h4-5,8-11,13,15H,2-3,6-7H2,1H3,(H2,21,22,23,24)/b5-4+. The molecule has 0 aliphatic heterocycles. The third-order valence-corrected chi connectivity index (χ3v) is 4.20. The molecule has 0 unspecified atom stereocenters. The van der Waals surface area contributed by atoms with Crippen LogP contribution in [-0.4, -0.2) is 23.1 Å². The largest absolute Gasteiger partial charge is 0.497 e. The Kier molecular flexibility index (Phi) is 5.47. The molecular weight excluding hydrogens is 314 g/mol. The van der Waals surface area contributed by atoms with E-state index in [0.717, 1.165) is 35.7 Å². The molecule has 0 amide bonds. The smallest absolute Gasteiger partial charge is 0.229 e. The maximum Gasteiger partial charge on any atom is 0.229 e. The molecule has 0 spiro atoms. The lowest BCUT2D eigenvalue weighted by Crippen LogP contribution is -2.17. The summed E-state index contributed by atoms with van der Waals surface area (Å²) in [6.45, 7) is 0. The van der Waals surface area contributed by atoms with Gasteiger partial charge in [-0.05, 0) is 43.2 Å². The topological polar surface area (TPSA) is 82.9 Å². The lowest BCUT2D eigenvalue weighted by atomic mass is 10.2. The molecule has 1 saturated carbocycles. The van der Waals surface area contributed by atoms with Crippen molar-refractivity contribution < 1.29 is 4.74 Å². The van der Waals surface area contributed by atoms with Gasteiger partial charge in [0.1, 0.15) is 11.6 Å².